The van der Waals surface area contributed by atoms with E-state index in [0.29, 0.717) is 11.4 Å². The van der Waals surface area contributed by atoms with Gasteiger partial charge in [0.25, 0.3) is 0 Å². The van der Waals surface area contributed by atoms with Gasteiger partial charge < -0.3 is 0 Å². The third-order valence-corrected chi connectivity index (χ3v) is 3.95. The lowest BCUT2D eigenvalue weighted by Crippen LogP contribution is -2.02. The normalized spacial score (nSPS) is 11.5. The van der Waals surface area contributed by atoms with Crippen molar-refractivity contribution in [2.75, 3.05) is 6.61 Å². The minimum absolute atomic E-state index is 0.0559. The van der Waals surface area contributed by atoms with Gasteiger partial charge in [-0.25, -0.2) is 4.57 Å². The van der Waals surface area contributed by atoms with Gasteiger partial charge in [-0.3, -0.25) is 23.5 Å². The number of hydrogen-bond acceptors (Lipinski definition) is 6. The molecule has 0 aliphatic carbocycles. The summed E-state index contributed by atoms with van der Waals surface area (Å²) in [4.78, 5) is 8.18. The Bertz CT molecular complexity index is 533. The first-order chi connectivity index (χ1) is 10.2. The first kappa shape index (κ1) is 15.8. The molecule has 0 saturated carbocycles. The minimum atomic E-state index is -3.63. The lowest BCUT2D eigenvalue weighted by Gasteiger charge is -2.16. The van der Waals surface area contributed by atoms with Crippen molar-refractivity contribution in [1.82, 2.24) is 9.97 Å². The Morgan fingerprint density at radius 3 is 1.81 bits per heavy atom. The van der Waals surface area contributed by atoms with Crippen molar-refractivity contribution in [2.45, 2.75) is 20.1 Å². The summed E-state index contributed by atoms with van der Waals surface area (Å²) in [6.07, 6.45) is 3.28. The van der Waals surface area contributed by atoms with Gasteiger partial charge in [-0.1, -0.05) is 12.1 Å². The van der Waals surface area contributed by atoms with Crippen LogP contribution in [0.5, 0.6) is 0 Å². The van der Waals surface area contributed by atoms with Crippen LogP contribution in [-0.4, -0.2) is 16.6 Å². The molecule has 0 aliphatic rings. The van der Waals surface area contributed by atoms with E-state index in [2.05, 4.69) is 9.97 Å². The molecule has 112 valence electrons. The van der Waals surface area contributed by atoms with Crippen LogP contribution < -0.4 is 0 Å². The maximum Gasteiger partial charge on any atom is 0.475 e. The standard InChI is InChI=1S/C14H17N2O4P/c1-2-18-21(17,19-11-13-7-3-5-9-15-13)20-12-14-8-4-6-10-16-14/h3-10H,2,11-12H2,1H3. The summed E-state index contributed by atoms with van der Waals surface area (Å²) in [7, 11) is -3.63. The fraction of sp³-hybridized carbons (Fsp3) is 0.286. The number of nitrogens with zero attached hydrogens (tertiary/aromatic N) is 2. The Kier molecular flexibility index (Phi) is 6.02. The van der Waals surface area contributed by atoms with E-state index in [1.165, 1.54) is 0 Å². The molecular weight excluding hydrogens is 291 g/mol. The molecule has 2 aromatic heterocycles. The van der Waals surface area contributed by atoms with E-state index < -0.39 is 7.82 Å². The summed E-state index contributed by atoms with van der Waals surface area (Å²) in [6.45, 7) is 2.06. The average Bonchev–Trinajstić information content (AvgIpc) is 2.54. The molecule has 0 aromatic carbocycles. The highest BCUT2D eigenvalue weighted by Crippen LogP contribution is 2.50. The maximum atomic E-state index is 12.4. The highest BCUT2D eigenvalue weighted by molar-refractivity contribution is 7.48. The minimum Gasteiger partial charge on any atom is -0.287 e. The zero-order valence-electron chi connectivity index (χ0n) is 11.7. The molecule has 0 unspecified atom stereocenters. The molecule has 0 radical (unpaired) electrons. The molecule has 6 nitrogen and oxygen atoms in total. The zero-order chi connectivity index (χ0) is 15.0. The molecule has 2 rings (SSSR count). The van der Waals surface area contributed by atoms with Crippen molar-refractivity contribution < 1.29 is 18.1 Å². The van der Waals surface area contributed by atoms with Crippen LogP contribution in [0.3, 0.4) is 0 Å². The number of phosphoric ester groups is 1. The van der Waals surface area contributed by atoms with Gasteiger partial charge in [0, 0.05) is 12.4 Å². The first-order valence-corrected chi connectivity index (χ1v) is 8.01. The molecule has 0 N–H and O–H groups in total. The predicted molar refractivity (Wildman–Crippen MR) is 77.3 cm³/mol. The Morgan fingerprint density at radius 2 is 1.43 bits per heavy atom. The van der Waals surface area contributed by atoms with Gasteiger partial charge in [0.1, 0.15) is 13.2 Å². The number of rotatable bonds is 8. The Labute approximate surface area is 123 Å². The molecule has 0 atom stereocenters. The quantitative estimate of drug-likeness (QED) is 0.696. The van der Waals surface area contributed by atoms with E-state index >= 15 is 0 Å². The van der Waals surface area contributed by atoms with E-state index in [9.17, 15) is 4.57 Å². The SMILES string of the molecule is CCOP(=O)(OCc1ccccn1)OCc1ccccn1. The summed E-state index contributed by atoms with van der Waals surface area (Å²) in [5, 5.41) is 0. The number of phosphoric acid groups is 1. The second-order valence-electron chi connectivity index (χ2n) is 4.05. The highest BCUT2D eigenvalue weighted by atomic mass is 31.2. The van der Waals surface area contributed by atoms with E-state index in [4.69, 9.17) is 13.6 Å². The molecule has 21 heavy (non-hydrogen) atoms. The average molecular weight is 308 g/mol. The second-order valence-corrected chi connectivity index (χ2v) is 5.72. The lowest BCUT2D eigenvalue weighted by atomic mass is 10.4. The van der Waals surface area contributed by atoms with Crippen LogP contribution in [-0.2, 0) is 31.4 Å². The molecule has 2 heterocycles. The van der Waals surface area contributed by atoms with E-state index in [1.54, 1.807) is 43.6 Å². The van der Waals surface area contributed by atoms with Gasteiger partial charge in [0.2, 0.25) is 0 Å². The van der Waals surface area contributed by atoms with Crippen LogP contribution in [0.1, 0.15) is 18.3 Å². The van der Waals surface area contributed by atoms with Crippen molar-refractivity contribution in [1.29, 1.82) is 0 Å². The Morgan fingerprint density at radius 1 is 0.905 bits per heavy atom. The fourth-order valence-corrected chi connectivity index (χ4v) is 2.65. The van der Waals surface area contributed by atoms with Crippen molar-refractivity contribution >= 4 is 7.82 Å². The highest BCUT2D eigenvalue weighted by Gasteiger charge is 2.26. The molecular formula is C14H17N2O4P. The van der Waals surface area contributed by atoms with Gasteiger partial charge in [-0.15, -0.1) is 0 Å². The monoisotopic (exact) mass is 308 g/mol. The third-order valence-electron chi connectivity index (χ3n) is 2.48. The van der Waals surface area contributed by atoms with Crippen LogP contribution in [0, 0.1) is 0 Å². The zero-order valence-corrected chi connectivity index (χ0v) is 12.6. The van der Waals surface area contributed by atoms with Gasteiger partial charge >= 0.3 is 7.82 Å². The van der Waals surface area contributed by atoms with E-state index in [0.717, 1.165) is 0 Å². The summed E-state index contributed by atoms with van der Waals surface area (Å²) in [5.74, 6) is 0. The first-order valence-electron chi connectivity index (χ1n) is 6.55. The summed E-state index contributed by atoms with van der Waals surface area (Å²) >= 11 is 0. The van der Waals surface area contributed by atoms with Crippen LogP contribution in [0.25, 0.3) is 0 Å². The Balaban J connectivity index is 1.94. The molecule has 2 aromatic rings. The molecule has 0 saturated heterocycles. The van der Waals surface area contributed by atoms with Gasteiger partial charge in [0.05, 0.1) is 18.0 Å². The summed E-state index contributed by atoms with van der Waals surface area (Å²) in [5.41, 5.74) is 1.30. The van der Waals surface area contributed by atoms with Crippen molar-refractivity contribution in [2.24, 2.45) is 0 Å². The predicted octanol–water partition coefficient (Wildman–Crippen LogP) is 3.35. The van der Waals surface area contributed by atoms with Crippen LogP contribution in [0.4, 0.5) is 0 Å². The molecule has 0 aliphatic heterocycles. The van der Waals surface area contributed by atoms with E-state index in [1.807, 2.05) is 12.1 Å². The van der Waals surface area contributed by atoms with Crippen molar-refractivity contribution in [3.63, 3.8) is 0 Å². The second kappa shape index (κ2) is 8.00. The van der Waals surface area contributed by atoms with Crippen LogP contribution in [0.15, 0.2) is 48.8 Å². The van der Waals surface area contributed by atoms with Crippen molar-refractivity contribution in [3.8, 4) is 0 Å². The van der Waals surface area contributed by atoms with E-state index in [-0.39, 0.29) is 19.8 Å². The molecule has 0 spiro atoms. The smallest absolute Gasteiger partial charge is 0.287 e. The fourth-order valence-electron chi connectivity index (χ4n) is 1.53. The van der Waals surface area contributed by atoms with Gasteiger partial charge in [0.15, 0.2) is 0 Å². The number of pyridine rings is 2. The molecule has 0 fully saturated rings. The topological polar surface area (TPSA) is 70.5 Å². The lowest BCUT2D eigenvalue weighted by molar-refractivity contribution is 0.105. The summed E-state index contributed by atoms with van der Waals surface area (Å²) < 4.78 is 28.2. The van der Waals surface area contributed by atoms with Gasteiger partial charge in [-0.05, 0) is 31.2 Å². The molecule has 0 amide bonds. The molecule has 0 bridgehead atoms. The van der Waals surface area contributed by atoms with Crippen molar-refractivity contribution in [3.05, 3.63) is 60.2 Å². The van der Waals surface area contributed by atoms with Crippen LogP contribution in [0.2, 0.25) is 0 Å². The maximum absolute atomic E-state index is 12.4. The molecule has 7 heteroatoms. The summed E-state index contributed by atoms with van der Waals surface area (Å²) in [6, 6.07) is 10.8. The number of aromatic nitrogens is 2. The Hall–Kier alpha value is -1.59. The largest absolute Gasteiger partial charge is 0.475 e. The van der Waals surface area contributed by atoms with Crippen LogP contribution >= 0.6 is 7.82 Å². The third kappa shape index (κ3) is 5.36. The number of hydrogen-bond donors (Lipinski definition) is 0. The van der Waals surface area contributed by atoms with Gasteiger partial charge in [-0.2, -0.15) is 0 Å².